The lowest BCUT2D eigenvalue weighted by Crippen LogP contribution is -2.52. The van der Waals surface area contributed by atoms with Gasteiger partial charge in [0.2, 0.25) is 17.7 Å². The minimum atomic E-state index is -1.22. The summed E-state index contributed by atoms with van der Waals surface area (Å²) in [5.74, 6) is -3.05. The van der Waals surface area contributed by atoms with Crippen molar-refractivity contribution in [1.29, 1.82) is 0 Å². The van der Waals surface area contributed by atoms with Gasteiger partial charge in [-0.1, -0.05) is 0 Å². The molecular formula is C11H20N4O5S. The maximum absolute atomic E-state index is 11.7. The third-order valence-corrected chi connectivity index (χ3v) is 2.77. The molecule has 10 heteroatoms. The van der Waals surface area contributed by atoms with E-state index in [2.05, 4.69) is 28.6 Å². The normalized spacial score (nSPS) is 14.5. The molecule has 0 spiro atoms. The number of rotatable bonds is 8. The van der Waals surface area contributed by atoms with Gasteiger partial charge in [-0.2, -0.15) is 12.6 Å². The molecule has 0 aromatic carbocycles. The van der Waals surface area contributed by atoms with Gasteiger partial charge in [-0.15, -0.1) is 0 Å². The summed E-state index contributed by atoms with van der Waals surface area (Å²) in [7, 11) is 0. The average Bonchev–Trinajstić information content (AvgIpc) is 2.40. The SMILES string of the molecule is CC(N)C(=O)NCC(=O)NC(C)C(=O)NC(CS)C(=O)O. The van der Waals surface area contributed by atoms with Crippen LogP contribution in [-0.4, -0.2) is 59.2 Å². The van der Waals surface area contributed by atoms with Gasteiger partial charge in [-0.3, -0.25) is 14.4 Å². The Kier molecular flexibility index (Phi) is 8.39. The summed E-state index contributed by atoms with van der Waals surface area (Å²) in [6.07, 6.45) is 0. The summed E-state index contributed by atoms with van der Waals surface area (Å²) in [4.78, 5) is 45.1. The van der Waals surface area contributed by atoms with E-state index in [-0.39, 0.29) is 12.3 Å². The van der Waals surface area contributed by atoms with E-state index in [0.29, 0.717) is 0 Å². The average molecular weight is 320 g/mol. The van der Waals surface area contributed by atoms with Crippen molar-refractivity contribution in [2.24, 2.45) is 5.73 Å². The van der Waals surface area contributed by atoms with Crippen LogP contribution in [0.4, 0.5) is 0 Å². The van der Waals surface area contributed by atoms with Crippen LogP contribution in [0.25, 0.3) is 0 Å². The predicted molar refractivity (Wildman–Crippen MR) is 77.7 cm³/mol. The van der Waals surface area contributed by atoms with Crippen LogP contribution in [0.5, 0.6) is 0 Å². The number of aliphatic carboxylic acids is 1. The molecular weight excluding hydrogens is 300 g/mol. The van der Waals surface area contributed by atoms with Crippen LogP contribution >= 0.6 is 12.6 Å². The Morgan fingerprint density at radius 2 is 1.71 bits per heavy atom. The Morgan fingerprint density at radius 1 is 1.14 bits per heavy atom. The maximum Gasteiger partial charge on any atom is 0.327 e. The summed E-state index contributed by atoms with van der Waals surface area (Å²) < 4.78 is 0. The molecule has 0 rings (SSSR count). The second kappa shape index (κ2) is 9.19. The lowest BCUT2D eigenvalue weighted by Gasteiger charge is -2.17. The fourth-order valence-corrected chi connectivity index (χ4v) is 1.42. The molecule has 0 saturated heterocycles. The molecule has 0 aliphatic rings. The van der Waals surface area contributed by atoms with Gasteiger partial charge in [0.15, 0.2) is 0 Å². The highest BCUT2D eigenvalue weighted by molar-refractivity contribution is 7.80. The molecule has 0 radical (unpaired) electrons. The number of hydrogen-bond donors (Lipinski definition) is 6. The second-order valence-corrected chi connectivity index (χ2v) is 4.74. The highest BCUT2D eigenvalue weighted by Gasteiger charge is 2.22. The Morgan fingerprint density at radius 3 is 2.14 bits per heavy atom. The van der Waals surface area contributed by atoms with E-state index in [0.717, 1.165) is 0 Å². The number of carboxylic acid groups (broad SMARTS) is 1. The molecule has 0 saturated carbocycles. The number of amides is 3. The Labute approximate surface area is 127 Å². The lowest BCUT2D eigenvalue weighted by atomic mass is 10.2. The van der Waals surface area contributed by atoms with Crippen LogP contribution < -0.4 is 21.7 Å². The fraction of sp³-hybridized carbons (Fsp3) is 0.636. The number of thiol groups is 1. The third kappa shape index (κ3) is 7.51. The molecule has 9 nitrogen and oxygen atoms in total. The molecule has 0 heterocycles. The molecule has 0 aliphatic heterocycles. The number of nitrogens with one attached hydrogen (secondary N) is 3. The van der Waals surface area contributed by atoms with Crippen LogP contribution in [0.2, 0.25) is 0 Å². The van der Waals surface area contributed by atoms with Crippen LogP contribution in [0.15, 0.2) is 0 Å². The second-order valence-electron chi connectivity index (χ2n) is 4.38. The van der Waals surface area contributed by atoms with E-state index in [4.69, 9.17) is 10.8 Å². The van der Waals surface area contributed by atoms with Gasteiger partial charge < -0.3 is 26.8 Å². The first kappa shape index (κ1) is 19.2. The van der Waals surface area contributed by atoms with Gasteiger partial charge in [0.1, 0.15) is 12.1 Å². The topological polar surface area (TPSA) is 151 Å². The van der Waals surface area contributed by atoms with Gasteiger partial charge in [0.25, 0.3) is 0 Å². The summed E-state index contributed by atoms with van der Waals surface area (Å²) in [5, 5.41) is 15.6. The molecule has 3 amide bonds. The van der Waals surface area contributed by atoms with Gasteiger partial charge in [0, 0.05) is 5.75 Å². The highest BCUT2D eigenvalue weighted by Crippen LogP contribution is 1.91. The van der Waals surface area contributed by atoms with Crippen LogP contribution in [0, 0.1) is 0 Å². The Hall–Kier alpha value is -1.81. The van der Waals surface area contributed by atoms with Crippen molar-refractivity contribution in [3.63, 3.8) is 0 Å². The smallest absolute Gasteiger partial charge is 0.327 e. The number of carboxylic acids is 1. The van der Waals surface area contributed by atoms with Crippen molar-refractivity contribution >= 4 is 36.3 Å². The molecule has 21 heavy (non-hydrogen) atoms. The van der Waals surface area contributed by atoms with Gasteiger partial charge in [-0.25, -0.2) is 4.79 Å². The first-order chi connectivity index (χ1) is 9.68. The zero-order chi connectivity index (χ0) is 16.6. The van der Waals surface area contributed by atoms with Crippen LogP contribution in [0.1, 0.15) is 13.8 Å². The molecule has 0 bridgehead atoms. The zero-order valence-corrected chi connectivity index (χ0v) is 12.6. The Balaban J connectivity index is 4.25. The monoisotopic (exact) mass is 320 g/mol. The van der Waals surface area contributed by atoms with Gasteiger partial charge >= 0.3 is 5.97 Å². The quantitative estimate of drug-likeness (QED) is 0.271. The number of carbonyl (C=O) groups is 4. The van der Waals surface area contributed by atoms with Crippen LogP contribution in [-0.2, 0) is 19.2 Å². The van der Waals surface area contributed by atoms with Crippen molar-refractivity contribution in [2.45, 2.75) is 32.0 Å². The number of carbonyl (C=O) groups excluding carboxylic acids is 3. The van der Waals surface area contributed by atoms with E-state index in [1.807, 2.05) is 0 Å². The molecule has 0 fully saturated rings. The van der Waals surface area contributed by atoms with E-state index in [1.54, 1.807) is 0 Å². The number of hydrogen-bond acceptors (Lipinski definition) is 6. The van der Waals surface area contributed by atoms with Crippen molar-refractivity contribution in [2.75, 3.05) is 12.3 Å². The predicted octanol–water partition coefficient (Wildman–Crippen LogP) is -2.55. The minimum Gasteiger partial charge on any atom is -0.480 e. The minimum absolute atomic E-state index is 0.0772. The molecule has 120 valence electrons. The lowest BCUT2D eigenvalue weighted by molar-refractivity contribution is -0.141. The highest BCUT2D eigenvalue weighted by atomic mass is 32.1. The van der Waals surface area contributed by atoms with Crippen molar-refractivity contribution in [3.05, 3.63) is 0 Å². The van der Waals surface area contributed by atoms with E-state index in [9.17, 15) is 19.2 Å². The summed E-state index contributed by atoms with van der Waals surface area (Å²) in [5.41, 5.74) is 5.30. The van der Waals surface area contributed by atoms with Gasteiger partial charge in [0.05, 0.1) is 12.6 Å². The molecule has 0 aromatic heterocycles. The van der Waals surface area contributed by atoms with E-state index < -0.39 is 41.8 Å². The van der Waals surface area contributed by atoms with Crippen molar-refractivity contribution in [1.82, 2.24) is 16.0 Å². The first-order valence-electron chi connectivity index (χ1n) is 6.15. The van der Waals surface area contributed by atoms with Crippen LogP contribution in [0.3, 0.4) is 0 Å². The number of nitrogens with two attached hydrogens (primary N) is 1. The summed E-state index contributed by atoms with van der Waals surface area (Å²) >= 11 is 3.80. The maximum atomic E-state index is 11.7. The standard InChI is InChI=1S/C11H20N4O5S/c1-5(12)9(17)13-3-8(16)14-6(2)10(18)15-7(4-21)11(19)20/h5-7,21H,3-4,12H2,1-2H3,(H,13,17)(H,14,16)(H,15,18)(H,19,20). The van der Waals surface area contributed by atoms with Crippen molar-refractivity contribution < 1.29 is 24.3 Å². The molecule has 3 atom stereocenters. The fourth-order valence-electron chi connectivity index (χ4n) is 1.17. The molecule has 0 aliphatic carbocycles. The zero-order valence-electron chi connectivity index (χ0n) is 11.8. The van der Waals surface area contributed by atoms with Gasteiger partial charge in [-0.05, 0) is 13.8 Å². The molecule has 0 aromatic rings. The first-order valence-corrected chi connectivity index (χ1v) is 6.79. The largest absolute Gasteiger partial charge is 0.480 e. The van der Waals surface area contributed by atoms with E-state index >= 15 is 0 Å². The molecule has 3 unspecified atom stereocenters. The van der Waals surface area contributed by atoms with E-state index in [1.165, 1.54) is 13.8 Å². The third-order valence-electron chi connectivity index (χ3n) is 2.40. The molecule has 6 N–H and O–H groups in total. The Bertz CT molecular complexity index is 415. The summed E-state index contributed by atoms with van der Waals surface area (Å²) in [6.45, 7) is 2.53. The van der Waals surface area contributed by atoms with Crippen molar-refractivity contribution in [3.8, 4) is 0 Å². The summed E-state index contributed by atoms with van der Waals surface area (Å²) in [6, 6.07) is -2.84.